The molecule has 2 aliphatic rings. The summed E-state index contributed by atoms with van der Waals surface area (Å²) in [7, 11) is 1.66. The van der Waals surface area contributed by atoms with Gasteiger partial charge >= 0.3 is 6.03 Å². The van der Waals surface area contributed by atoms with E-state index in [-0.39, 0.29) is 24.6 Å². The van der Waals surface area contributed by atoms with E-state index in [1.54, 1.807) is 18.1 Å². The molecule has 2 heterocycles. The molecule has 2 aromatic carbocycles. The highest BCUT2D eigenvalue weighted by Crippen LogP contribution is 2.35. The van der Waals surface area contributed by atoms with E-state index < -0.39 is 0 Å². The average Bonchev–Trinajstić information content (AvgIpc) is 3.45. The molecule has 1 saturated heterocycles. The van der Waals surface area contributed by atoms with Crippen LogP contribution in [0.3, 0.4) is 0 Å². The van der Waals surface area contributed by atoms with Crippen LogP contribution >= 0.6 is 11.6 Å². The number of methoxy groups -OCH3 is 1. The van der Waals surface area contributed by atoms with Crippen molar-refractivity contribution < 1.29 is 18.7 Å². The SMILES string of the molecule is COc1ccc(C2CNC(=O)N(Cc3nc4cccc(Cl)c4o3)C2)cc1OC1CCCC1. The summed E-state index contributed by atoms with van der Waals surface area (Å²) in [6, 6.07) is 11.3. The molecule has 2 amide bonds. The summed E-state index contributed by atoms with van der Waals surface area (Å²) in [6.07, 6.45) is 4.81. The second-order valence-corrected chi connectivity index (χ2v) is 8.80. The number of nitrogens with zero attached hydrogens (tertiary/aromatic N) is 2. The molecular weight excluding hydrogens is 430 g/mol. The summed E-state index contributed by atoms with van der Waals surface area (Å²) < 4.78 is 17.6. The topological polar surface area (TPSA) is 76.8 Å². The Bertz CT molecular complexity index is 1130. The van der Waals surface area contributed by atoms with Crippen molar-refractivity contribution in [1.82, 2.24) is 15.2 Å². The quantitative estimate of drug-likeness (QED) is 0.558. The van der Waals surface area contributed by atoms with E-state index in [1.807, 2.05) is 24.3 Å². The van der Waals surface area contributed by atoms with Gasteiger partial charge in [0.1, 0.15) is 5.52 Å². The van der Waals surface area contributed by atoms with Crippen molar-refractivity contribution >= 4 is 28.7 Å². The molecule has 1 unspecified atom stereocenters. The minimum Gasteiger partial charge on any atom is -0.493 e. The lowest BCUT2D eigenvalue weighted by Crippen LogP contribution is -2.49. The molecule has 5 rings (SSSR count). The monoisotopic (exact) mass is 455 g/mol. The fourth-order valence-corrected chi connectivity index (χ4v) is 4.72. The predicted octanol–water partition coefficient (Wildman–Crippen LogP) is 5.12. The van der Waals surface area contributed by atoms with E-state index in [1.165, 1.54) is 12.8 Å². The van der Waals surface area contributed by atoms with Gasteiger partial charge in [0.15, 0.2) is 17.1 Å². The number of hydrogen-bond acceptors (Lipinski definition) is 5. The van der Waals surface area contributed by atoms with Crippen molar-refractivity contribution in [1.29, 1.82) is 0 Å². The predicted molar refractivity (Wildman–Crippen MR) is 121 cm³/mol. The Kier molecular flexibility index (Phi) is 5.83. The van der Waals surface area contributed by atoms with Gasteiger partial charge in [0.25, 0.3) is 0 Å². The molecule has 0 spiro atoms. The van der Waals surface area contributed by atoms with Crippen LogP contribution in [0.2, 0.25) is 5.02 Å². The van der Waals surface area contributed by atoms with Crippen molar-refractivity contribution in [2.24, 2.45) is 0 Å². The maximum absolute atomic E-state index is 12.5. The smallest absolute Gasteiger partial charge is 0.317 e. The third-order valence-corrected chi connectivity index (χ3v) is 6.52. The van der Waals surface area contributed by atoms with Gasteiger partial charge in [-0.1, -0.05) is 23.7 Å². The highest BCUT2D eigenvalue weighted by molar-refractivity contribution is 6.34. The van der Waals surface area contributed by atoms with Crippen LogP contribution in [0.25, 0.3) is 11.1 Å². The molecule has 1 N–H and O–H groups in total. The van der Waals surface area contributed by atoms with Crippen LogP contribution in [0.5, 0.6) is 11.5 Å². The van der Waals surface area contributed by atoms with Crippen LogP contribution in [0.15, 0.2) is 40.8 Å². The molecule has 1 aliphatic carbocycles. The number of hydrogen-bond donors (Lipinski definition) is 1. The van der Waals surface area contributed by atoms with E-state index in [9.17, 15) is 4.79 Å². The number of aromatic nitrogens is 1. The van der Waals surface area contributed by atoms with Crippen LogP contribution in [0.4, 0.5) is 4.79 Å². The number of fused-ring (bicyclic) bond motifs is 1. The number of ether oxygens (including phenoxy) is 2. The fourth-order valence-electron chi connectivity index (χ4n) is 4.51. The normalized spacial score (nSPS) is 19.4. The number of carbonyl (C=O) groups is 1. The van der Waals surface area contributed by atoms with Gasteiger partial charge in [-0.3, -0.25) is 0 Å². The fraction of sp³-hybridized carbons (Fsp3) is 0.417. The van der Waals surface area contributed by atoms with E-state index in [4.69, 9.17) is 25.5 Å². The van der Waals surface area contributed by atoms with Gasteiger partial charge in [0.05, 0.1) is 24.8 Å². The summed E-state index contributed by atoms with van der Waals surface area (Å²) in [5.74, 6) is 2.08. The maximum Gasteiger partial charge on any atom is 0.317 e. The molecule has 2 fully saturated rings. The summed E-state index contributed by atoms with van der Waals surface area (Å²) in [5.41, 5.74) is 2.33. The highest BCUT2D eigenvalue weighted by atomic mass is 35.5. The van der Waals surface area contributed by atoms with Crippen molar-refractivity contribution in [2.75, 3.05) is 20.2 Å². The van der Waals surface area contributed by atoms with E-state index in [2.05, 4.69) is 16.4 Å². The van der Waals surface area contributed by atoms with Crippen LogP contribution < -0.4 is 14.8 Å². The van der Waals surface area contributed by atoms with E-state index in [0.717, 1.165) is 29.9 Å². The highest BCUT2D eigenvalue weighted by Gasteiger charge is 2.29. The molecule has 1 aliphatic heterocycles. The number of amides is 2. The van der Waals surface area contributed by atoms with Crippen molar-refractivity contribution in [3.8, 4) is 11.5 Å². The molecule has 32 heavy (non-hydrogen) atoms. The minimum atomic E-state index is -0.134. The van der Waals surface area contributed by atoms with Crippen LogP contribution in [0, 0.1) is 0 Å². The lowest BCUT2D eigenvalue weighted by Gasteiger charge is -2.33. The van der Waals surface area contributed by atoms with Gasteiger partial charge in [-0.2, -0.15) is 0 Å². The molecular formula is C24H26ClN3O4. The maximum atomic E-state index is 12.5. The molecule has 0 bridgehead atoms. The van der Waals surface area contributed by atoms with Crippen molar-refractivity contribution in [3.05, 3.63) is 52.9 Å². The molecule has 3 aromatic rings. The van der Waals surface area contributed by atoms with Crippen LogP contribution in [-0.2, 0) is 6.54 Å². The zero-order valence-electron chi connectivity index (χ0n) is 18.0. The molecule has 1 saturated carbocycles. The van der Waals surface area contributed by atoms with Gasteiger partial charge in [-0.15, -0.1) is 0 Å². The number of halogens is 1. The Morgan fingerprint density at radius 3 is 2.84 bits per heavy atom. The number of nitrogens with one attached hydrogen (secondary N) is 1. The molecule has 7 nitrogen and oxygen atoms in total. The molecule has 1 atom stereocenters. The number of para-hydroxylation sites is 1. The Balaban J connectivity index is 1.34. The molecule has 168 valence electrons. The Labute approximate surface area is 191 Å². The van der Waals surface area contributed by atoms with Gasteiger partial charge in [0.2, 0.25) is 5.89 Å². The first-order valence-electron chi connectivity index (χ1n) is 11.0. The van der Waals surface area contributed by atoms with Crippen LogP contribution in [0.1, 0.15) is 43.1 Å². The van der Waals surface area contributed by atoms with Gasteiger partial charge < -0.3 is 24.1 Å². The standard InChI is InChI=1S/C24H26ClN3O4/c1-30-20-10-9-15(11-21(20)31-17-5-2-3-6-17)16-12-26-24(29)28(13-16)14-22-27-19-8-4-7-18(25)23(19)32-22/h4,7-11,16-17H,2-3,5-6,12-14H2,1H3,(H,26,29). The van der Waals surface area contributed by atoms with Gasteiger partial charge in [-0.05, 0) is 55.5 Å². The number of oxazole rings is 1. The average molecular weight is 456 g/mol. The second kappa shape index (κ2) is 8.90. The largest absolute Gasteiger partial charge is 0.493 e. The second-order valence-electron chi connectivity index (χ2n) is 8.39. The Morgan fingerprint density at radius 2 is 2.06 bits per heavy atom. The van der Waals surface area contributed by atoms with E-state index >= 15 is 0 Å². The third-order valence-electron chi connectivity index (χ3n) is 6.22. The number of urea groups is 1. The zero-order chi connectivity index (χ0) is 22.1. The molecule has 1 aromatic heterocycles. The van der Waals surface area contributed by atoms with Gasteiger partial charge in [0, 0.05) is 19.0 Å². The number of benzene rings is 2. The lowest BCUT2D eigenvalue weighted by atomic mass is 9.96. The molecule has 0 radical (unpaired) electrons. The lowest BCUT2D eigenvalue weighted by molar-refractivity contribution is 0.170. The van der Waals surface area contributed by atoms with Crippen LogP contribution in [-0.4, -0.2) is 42.2 Å². The first kappa shape index (κ1) is 20.9. The van der Waals surface area contributed by atoms with E-state index in [0.29, 0.717) is 35.1 Å². The Morgan fingerprint density at radius 1 is 1.22 bits per heavy atom. The number of rotatable bonds is 6. The summed E-state index contributed by atoms with van der Waals surface area (Å²) >= 11 is 6.20. The summed E-state index contributed by atoms with van der Waals surface area (Å²) in [5, 5.41) is 3.50. The summed E-state index contributed by atoms with van der Waals surface area (Å²) in [4.78, 5) is 18.7. The van der Waals surface area contributed by atoms with Crippen molar-refractivity contribution in [2.45, 2.75) is 44.2 Å². The first-order chi connectivity index (χ1) is 15.6. The minimum absolute atomic E-state index is 0.109. The van der Waals surface area contributed by atoms with Gasteiger partial charge in [-0.25, -0.2) is 9.78 Å². The first-order valence-corrected chi connectivity index (χ1v) is 11.4. The van der Waals surface area contributed by atoms with Crippen molar-refractivity contribution in [3.63, 3.8) is 0 Å². The summed E-state index contributed by atoms with van der Waals surface area (Å²) in [6.45, 7) is 1.38. The Hall–Kier alpha value is -2.93. The number of carbonyl (C=O) groups excluding carboxylic acids is 1. The zero-order valence-corrected chi connectivity index (χ0v) is 18.7. The molecule has 8 heteroatoms. The third kappa shape index (κ3) is 4.21.